The molecule has 1 aromatic heterocycles. The fraction of sp³-hybridized carbons (Fsp3) is 0.300. The number of carbonyl (C=O) groups excluding carboxylic acids is 2. The van der Waals surface area contributed by atoms with Crippen molar-refractivity contribution in [3.05, 3.63) is 66.0 Å². The molecule has 0 saturated carbocycles. The lowest BCUT2D eigenvalue weighted by Gasteiger charge is -2.29. The van der Waals surface area contributed by atoms with E-state index in [-0.39, 0.29) is 6.54 Å². The summed E-state index contributed by atoms with van der Waals surface area (Å²) in [5, 5.41) is 22.6. The van der Waals surface area contributed by atoms with Crippen molar-refractivity contribution < 1.29 is 24.6 Å². The third-order valence-corrected chi connectivity index (χ3v) is 5.57. The van der Waals surface area contributed by atoms with Crippen LogP contribution in [0.3, 0.4) is 0 Å². The minimum Gasteiger partial charge on any atom is -0.480 e. The fourth-order valence-electron chi connectivity index (χ4n) is 4.21. The Labute approximate surface area is 160 Å². The van der Waals surface area contributed by atoms with E-state index in [0.717, 1.165) is 10.5 Å². The topological polar surface area (TPSA) is 120 Å². The molecule has 8 heteroatoms. The molecule has 2 aliphatic rings. The molecule has 2 fully saturated rings. The van der Waals surface area contributed by atoms with E-state index >= 15 is 0 Å². The summed E-state index contributed by atoms with van der Waals surface area (Å²) in [5.41, 5.74) is -0.723. The molecule has 144 valence electrons. The zero-order chi connectivity index (χ0) is 19.9. The SMILES string of the molecule is O=C1C2C(c3ccccn3)NC(CO)(C(=O)O)C2C(=O)N1Cc1ccccc1. The van der Waals surface area contributed by atoms with Gasteiger partial charge in [-0.2, -0.15) is 0 Å². The molecule has 0 spiro atoms. The number of aromatic nitrogens is 1. The molecule has 1 aromatic carbocycles. The molecule has 4 unspecified atom stereocenters. The Morgan fingerprint density at radius 3 is 2.43 bits per heavy atom. The number of aliphatic hydroxyl groups excluding tert-OH is 1. The highest BCUT2D eigenvalue weighted by Gasteiger charge is 2.68. The van der Waals surface area contributed by atoms with Crippen LogP contribution in [0.25, 0.3) is 0 Å². The van der Waals surface area contributed by atoms with Gasteiger partial charge in [0.25, 0.3) is 0 Å². The summed E-state index contributed by atoms with van der Waals surface area (Å²) in [4.78, 5) is 43.7. The number of carbonyl (C=O) groups is 3. The monoisotopic (exact) mass is 381 g/mol. The van der Waals surface area contributed by atoms with Crippen molar-refractivity contribution in [2.45, 2.75) is 18.1 Å². The van der Waals surface area contributed by atoms with Gasteiger partial charge in [-0.05, 0) is 17.7 Å². The first-order valence-electron chi connectivity index (χ1n) is 8.91. The number of hydrogen-bond donors (Lipinski definition) is 3. The predicted octanol–water partition coefficient (Wildman–Crippen LogP) is 0.343. The molecule has 3 heterocycles. The van der Waals surface area contributed by atoms with Crippen LogP contribution in [0.2, 0.25) is 0 Å². The van der Waals surface area contributed by atoms with E-state index in [1.807, 2.05) is 6.07 Å². The maximum Gasteiger partial charge on any atom is 0.327 e. The van der Waals surface area contributed by atoms with Crippen LogP contribution in [0.1, 0.15) is 17.3 Å². The zero-order valence-electron chi connectivity index (χ0n) is 14.9. The van der Waals surface area contributed by atoms with Gasteiger partial charge in [0.2, 0.25) is 11.8 Å². The molecule has 2 saturated heterocycles. The summed E-state index contributed by atoms with van der Waals surface area (Å²) in [6, 6.07) is 13.3. The van der Waals surface area contributed by atoms with E-state index in [1.165, 1.54) is 6.20 Å². The molecular formula is C20H19N3O5. The highest BCUT2D eigenvalue weighted by molar-refractivity contribution is 6.09. The van der Waals surface area contributed by atoms with Crippen LogP contribution in [0, 0.1) is 11.8 Å². The van der Waals surface area contributed by atoms with Gasteiger partial charge >= 0.3 is 5.97 Å². The van der Waals surface area contributed by atoms with Crippen molar-refractivity contribution >= 4 is 17.8 Å². The smallest absolute Gasteiger partial charge is 0.327 e. The highest BCUT2D eigenvalue weighted by atomic mass is 16.4. The lowest BCUT2D eigenvalue weighted by atomic mass is 9.80. The molecule has 28 heavy (non-hydrogen) atoms. The second-order valence-electron chi connectivity index (χ2n) is 7.06. The Morgan fingerprint density at radius 2 is 1.82 bits per heavy atom. The Balaban J connectivity index is 1.77. The normalized spacial score (nSPS) is 29.2. The number of nitrogens with one attached hydrogen (secondary N) is 1. The number of rotatable bonds is 5. The molecule has 2 aromatic rings. The van der Waals surface area contributed by atoms with Gasteiger partial charge in [-0.1, -0.05) is 36.4 Å². The van der Waals surface area contributed by atoms with E-state index in [4.69, 9.17) is 0 Å². The van der Waals surface area contributed by atoms with Crippen LogP contribution in [0.4, 0.5) is 0 Å². The second kappa shape index (κ2) is 6.81. The van der Waals surface area contributed by atoms with E-state index in [9.17, 15) is 24.6 Å². The number of carboxylic acid groups (broad SMARTS) is 1. The lowest BCUT2D eigenvalue weighted by molar-refractivity contribution is -0.153. The van der Waals surface area contributed by atoms with Crippen LogP contribution in [-0.4, -0.2) is 50.0 Å². The number of likely N-dealkylation sites (tertiary alicyclic amines) is 1. The third-order valence-electron chi connectivity index (χ3n) is 5.57. The van der Waals surface area contributed by atoms with Crippen molar-refractivity contribution in [2.75, 3.05) is 6.61 Å². The maximum atomic E-state index is 13.2. The summed E-state index contributed by atoms with van der Waals surface area (Å²) < 4.78 is 0. The maximum absolute atomic E-state index is 13.2. The van der Waals surface area contributed by atoms with Gasteiger partial charge < -0.3 is 10.2 Å². The number of carboxylic acids is 1. The van der Waals surface area contributed by atoms with Gasteiger partial charge in [-0.25, -0.2) is 0 Å². The van der Waals surface area contributed by atoms with Crippen molar-refractivity contribution in [2.24, 2.45) is 11.8 Å². The van der Waals surface area contributed by atoms with Crippen molar-refractivity contribution in [1.29, 1.82) is 0 Å². The summed E-state index contributed by atoms with van der Waals surface area (Å²) in [6.07, 6.45) is 1.54. The molecule has 4 rings (SSSR count). The zero-order valence-corrected chi connectivity index (χ0v) is 14.9. The van der Waals surface area contributed by atoms with Crippen LogP contribution in [0.15, 0.2) is 54.7 Å². The third kappa shape index (κ3) is 2.61. The highest BCUT2D eigenvalue weighted by Crippen LogP contribution is 2.48. The predicted molar refractivity (Wildman–Crippen MR) is 96.5 cm³/mol. The molecule has 3 N–H and O–H groups in total. The van der Waals surface area contributed by atoms with E-state index in [1.54, 1.807) is 42.5 Å². The first-order valence-corrected chi connectivity index (χ1v) is 8.91. The first-order chi connectivity index (χ1) is 13.5. The Kier molecular flexibility index (Phi) is 4.44. The summed E-state index contributed by atoms with van der Waals surface area (Å²) >= 11 is 0. The molecule has 8 nitrogen and oxygen atoms in total. The lowest BCUT2D eigenvalue weighted by Crippen LogP contribution is -2.58. The summed E-state index contributed by atoms with van der Waals surface area (Å²) in [7, 11) is 0. The minimum atomic E-state index is -1.94. The van der Waals surface area contributed by atoms with Gasteiger partial charge in [-0.3, -0.25) is 29.6 Å². The van der Waals surface area contributed by atoms with Crippen LogP contribution < -0.4 is 5.32 Å². The van der Waals surface area contributed by atoms with Gasteiger partial charge in [0, 0.05) is 6.20 Å². The number of aliphatic carboxylic acids is 1. The van der Waals surface area contributed by atoms with Crippen molar-refractivity contribution in [1.82, 2.24) is 15.2 Å². The first kappa shape index (κ1) is 18.3. The second-order valence-corrected chi connectivity index (χ2v) is 7.06. The molecule has 0 bridgehead atoms. The Morgan fingerprint density at radius 1 is 1.11 bits per heavy atom. The molecule has 0 aliphatic carbocycles. The Bertz CT molecular complexity index is 920. The minimum absolute atomic E-state index is 0.0571. The molecule has 2 amide bonds. The summed E-state index contributed by atoms with van der Waals surface area (Å²) in [5.74, 6) is -4.58. The number of amides is 2. The number of hydrogen-bond acceptors (Lipinski definition) is 6. The van der Waals surface area contributed by atoms with Gasteiger partial charge in [0.15, 0.2) is 5.54 Å². The standard InChI is InChI=1S/C20H19N3O5/c24-11-20(19(27)28)15-14(16(22-20)13-8-4-5-9-21-13)17(25)23(18(15)26)10-12-6-2-1-3-7-12/h1-9,14-16,22,24H,10-11H2,(H,27,28). The fourth-order valence-corrected chi connectivity index (χ4v) is 4.21. The number of pyridine rings is 1. The quantitative estimate of drug-likeness (QED) is 0.639. The Hall–Kier alpha value is -3.10. The average molecular weight is 381 g/mol. The van der Waals surface area contributed by atoms with Gasteiger partial charge in [-0.15, -0.1) is 0 Å². The molecule has 2 aliphatic heterocycles. The van der Waals surface area contributed by atoms with Crippen molar-refractivity contribution in [3.8, 4) is 0 Å². The average Bonchev–Trinajstić information content (AvgIpc) is 3.20. The van der Waals surface area contributed by atoms with Crippen LogP contribution >= 0.6 is 0 Å². The number of aliphatic hydroxyl groups is 1. The largest absolute Gasteiger partial charge is 0.480 e. The van der Waals surface area contributed by atoms with E-state index < -0.39 is 47.8 Å². The van der Waals surface area contributed by atoms with E-state index in [2.05, 4.69) is 10.3 Å². The number of fused-ring (bicyclic) bond motifs is 1. The summed E-state index contributed by atoms with van der Waals surface area (Å²) in [6.45, 7) is -0.757. The number of nitrogens with zero attached hydrogens (tertiary/aromatic N) is 2. The molecule has 0 radical (unpaired) electrons. The van der Waals surface area contributed by atoms with Crippen LogP contribution in [-0.2, 0) is 20.9 Å². The van der Waals surface area contributed by atoms with E-state index in [0.29, 0.717) is 5.69 Å². The molecular weight excluding hydrogens is 362 g/mol. The number of imide groups is 1. The number of benzene rings is 1. The molecule has 4 atom stereocenters. The van der Waals surface area contributed by atoms with Crippen molar-refractivity contribution in [3.63, 3.8) is 0 Å². The van der Waals surface area contributed by atoms with Crippen LogP contribution in [0.5, 0.6) is 0 Å². The van der Waals surface area contributed by atoms with Gasteiger partial charge in [0.1, 0.15) is 0 Å². The van der Waals surface area contributed by atoms with Gasteiger partial charge in [0.05, 0.1) is 36.7 Å².